The van der Waals surface area contributed by atoms with Crippen molar-refractivity contribution in [3.8, 4) is 11.5 Å². The first-order chi connectivity index (χ1) is 31.7. The maximum absolute atomic E-state index is 12.2. The number of nitrogens with zero attached hydrogens (tertiary/aromatic N) is 2. The first-order valence-corrected chi connectivity index (χ1v) is 24.1. The van der Waals surface area contributed by atoms with Crippen LogP contribution in [0.25, 0.3) is 0 Å². The van der Waals surface area contributed by atoms with E-state index in [9.17, 15) is 9.90 Å². The molecule has 66 heavy (non-hydrogen) atoms. The van der Waals surface area contributed by atoms with Crippen LogP contribution in [-0.2, 0) is 13.2 Å². The molecular weight excluding hydrogens is 813 g/mol. The summed E-state index contributed by atoms with van der Waals surface area (Å²) in [4.78, 5) is 17.3. The van der Waals surface area contributed by atoms with Gasteiger partial charge in [-0.3, -0.25) is 14.6 Å². The molecule has 6 aromatic rings. The van der Waals surface area contributed by atoms with Gasteiger partial charge in [0.25, 0.3) is 0 Å². The molecule has 0 radical (unpaired) electrons. The fourth-order valence-electron chi connectivity index (χ4n) is 9.03. The highest BCUT2D eigenvalue weighted by Crippen LogP contribution is 2.38. The van der Waals surface area contributed by atoms with Gasteiger partial charge in [0.2, 0.25) is 0 Å². The highest BCUT2D eigenvalue weighted by Gasteiger charge is 2.25. The quantitative estimate of drug-likeness (QED) is 0.0685. The number of Topliss-reactive ketones (excluding diaryl/α,β-unsaturated/α-hetero) is 1. The zero-order valence-electron chi connectivity index (χ0n) is 41.4. The summed E-state index contributed by atoms with van der Waals surface area (Å²) >= 11 is 0. The minimum absolute atomic E-state index is 0.0728. The van der Waals surface area contributed by atoms with Crippen molar-refractivity contribution >= 4 is 5.78 Å². The Kier molecular flexibility index (Phi) is 20.3. The Bertz CT molecular complexity index is 2290. The molecule has 1 unspecified atom stereocenters. The molecule has 0 aliphatic carbocycles. The number of rotatable bonds is 22. The molecule has 6 rings (SSSR count). The van der Waals surface area contributed by atoms with Crippen molar-refractivity contribution in [2.45, 2.75) is 137 Å². The van der Waals surface area contributed by atoms with Gasteiger partial charge < -0.3 is 14.6 Å². The lowest BCUT2D eigenvalue weighted by atomic mass is 9.86. The van der Waals surface area contributed by atoms with Crippen LogP contribution in [0.5, 0.6) is 11.5 Å². The van der Waals surface area contributed by atoms with Crippen LogP contribution in [0.2, 0.25) is 0 Å². The van der Waals surface area contributed by atoms with Crippen molar-refractivity contribution in [1.29, 1.82) is 0 Å². The summed E-state index contributed by atoms with van der Waals surface area (Å²) in [6, 6.07) is 55.7. The second kappa shape index (κ2) is 26.0. The number of hydrogen-bond acceptors (Lipinski definition) is 6. The van der Waals surface area contributed by atoms with Gasteiger partial charge in [-0.1, -0.05) is 127 Å². The average Bonchev–Trinajstić information content (AvgIpc) is 3.31. The molecule has 3 atom stereocenters. The Hall–Kier alpha value is -5.53. The summed E-state index contributed by atoms with van der Waals surface area (Å²) in [5.41, 5.74) is 8.66. The Labute approximate surface area is 397 Å². The van der Waals surface area contributed by atoms with Crippen molar-refractivity contribution in [3.63, 3.8) is 0 Å². The Morgan fingerprint density at radius 1 is 0.470 bits per heavy atom. The van der Waals surface area contributed by atoms with Crippen LogP contribution < -0.4 is 9.47 Å². The predicted molar refractivity (Wildman–Crippen MR) is 275 cm³/mol. The number of benzene rings is 6. The van der Waals surface area contributed by atoms with Crippen LogP contribution in [0.15, 0.2) is 158 Å². The molecule has 6 heteroatoms. The van der Waals surface area contributed by atoms with E-state index in [0.29, 0.717) is 37.4 Å². The predicted octanol–water partition coefficient (Wildman–Crippen LogP) is 14.1. The van der Waals surface area contributed by atoms with E-state index in [1.165, 1.54) is 11.1 Å². The summed E-state index contributed by atoms with van der Waals surface area (Å²) in [5.74, 6) is 2.12. The molecule has 0 saturated carbocycles. The third-order valence-corrected chi connectivity index (χ3v) is 12.6. The van der Waals surface area contributed by atoms with Crippen LogP contribution in [0.4, 0.5) is 0 Å². The number of ether oxygens (including phenoxy) is 2. The lowest BCUT2D eigenvalue weighted by Crippen LogP contribution is -2.38. The minimum atomic E-state index is -0.522. The summed E-state index contributed by atoms with van der Waals surface area (Å²) in [6.45, 7) is 24.5. The number of carbonyl (C=O) groups is 1. The van der Waals surface area contributed by atoms with E-state index in [2.05, 4.69) is 150 Å². The van der Waals surface area contributed by atoms with E-state index in [1.54, 1.807) is 6.92 Å². The van der Waals surface area contributed by atoms with E-state index < -0.39 is 6.10 Å². The maximum Gasteiger partial charge on any atom is 0.159 e. The molecule has 0 heterocycles. The number of hydrogen-bond donors (Lipinski definition) is 1. The third-order valence-electron chi connectivity index (χ3n) is 12.6. The molecule has 1 N–H and O–H groups in total. The average molecular weight is 889 g/mol. The van der Waals surface area contributed by atoms with Gasteiger partial charge in [0.05, 0.1) is 6.10 Å². The molecular formula is C60H76N2O4. The van der Waals surface area contributed by atoms with Crippen LogP contribution in [-0.4, -0.2) is 57.9 Å². The molecule has 0 aromatic heterocycles. The molecule has 0 bridgehead atoms. The van der Waals surface area contributed by atoms with E-state index in [0.717, 1.165) is 70.8 Å². The molecule has 6 nitrogen and oxygen atoms in total. The fraction of sp³-hybridized carbons (Fsp3) is 0.383. The topological polar surface area (TPSA) is 62.2 Å². The van der Waals surface area contributed by atoms with Crippen LogP contribution in [0, 0.1) is 0 Å². The standard InChI is InChI=1S/C30H39NO2.C30H37NO2/c2*1-22(2)31(23(3)4)19-18-28(26-14-10-7-11-15-26)29-20-27(24(5)32)16-17-30(29)33-21-25-12-8-6-9-13-25/h6-17,20,22-24,28,32H,18-19,21H2,1-5H3;6-17,20,22-23,28H,18-19,21H2,1-5H3/t24?,28-;28-/m11/s1. The summed E-state index contributed by atoms with van der Waals surface area (Å²) in [5, 5.41) is 10.3. The van der Waals surface area contributed by atoms with Crippen molar-refractivity contribution in [2.75, 3.05) is 13.1 Å². The van der Waals surface area contributed by atoms with Crippen molar-refractivity contribution in [3.05, 3.63) is 202 Å². The summed E-state index contributed by atoms with van der Waals surface area (Å²) in [6.07, 6.45) is 1.40. The van der Waals surface area contributed by atoms with E-state index in [-0.39, 0.29) is 17.6 Å². The largest absolute Gasteiger partial charge is 0.489 e. The molecule has 6 aromatic carbocycles. The van der Waals surface area contributed by atoms with Gasteiger partial charge in [0.1, 0.15) is 24.7 Å². The Balaban J connectivity index is 0.000000247. The van der Waals surface area contributed by atoms with Gasteiger partial charge >= 0.3 is 0 Å². The van der Waals surface area contributed by atoms with Crippen LogP contribution >= 0.6 is 0 Å². The third kappa shape index (κ3) is 15.3. The summed E-state index contributed by atoms with van der Waals surface area (Å²) in [7, 11) is 0. The SMILES string of the molecule is CC(=O)c1ccc(OCc2ccccc2)c([C@H](CCN(C(C)C)C(C)C)c2ccccc2)c1.CC(O)c1ccc(OCc2ccccc2)c([C@H](CCN(C(C)C)C(C)C)c2ccccc2)c1. The molecule has 0 amide bonds. The number of aliphatic hydroxyl groups is 1. The molecule has 0 spiro atoms. The highest BCUT2D eigenvalue weighted by molar-refractivity contribution is 5.94. The fourth-order valence-corrected chi connectivity index (χ4v) is 9.03. The molecule has 0 fully saturated rings. The molecule has 0 aliphatic rings. The minimum Gasteiger partial charge on any atom is -0.489 e. The van der Waals surface area contributed by atoms with Gasteiger partial charge in [-0.15, -0.1) is 0 Å². The van der Waals surface area contributed by atoms with E-state index in [4.69, 9.17) is 9.47 Å². The van der Waals surface area contributed by atoms with Gasteiger partial charge in [0.15, 0.2) is 5.78 Å². The number of aliphatic hydroxyl groups excluding tert-OH is 1. The molecule has 0 saturated heterocycles. The Morgan fingerprint density at radius 2 is 0.833 bits per heavy atom. The second-order valence-electron chi connectivity index (χ2n) is 18.7. The second-order valence-corrected chi connectivity index (χ2v) is 18.7. The first-order valence-electron chi connectivity index (χ1n) is 24.1. The van der Waals surface area contributed by atoms with E-state index >= 15 is 0 Å². The van der Waals surface area contributed by atoms with Crippen molar-refractivity contribution < 1.29 is 19.4 Å². The van der Waals surface area contributed by atoms with Crippen molar-refractivity contribution in [2.24, 2.45) is 0 Å². The lowest BCUT2D eigenvalue weighted by Gasteiger charge is -2.32. The van der Waals surface area contributed by atoms with Gasteiger partial charge in [0, 0.05) is 52.7 Å². The normalized spacial score (nSPS) is 12.9. The zero-order valence-corrected chi connectivity index (χ0v) is 41.4. The maximum atomic E-state index is 12.2. The van der Waals surface area contributed by atoms with Gasteiger partial charge in [-0.25, -0.2) is 0 Å². The number of carbonyl (C=O) groups excluding carboxylic acids is 1. The van der Waals surface area contributed by atoms with Crippen LogP contribution in [0.3, 0.4) is 0 Å². The van der Waals surface area contributed by atoms with Gasteiger partial charge in [-0.2, -0.15) is 0 Å². The Morgan fingerprint density at radius 3 is 1.20 bits per heavy atom. The van der Waals surface area contributed by atoms with Crippen molar-refractivity contribution in [1.82, 2.24) is 9.80 Å². The number of ketones is 1. The van der Waals surface area contributed by atoms with Crippen LogP contribution in [0.1, 0.15) is 149 Å². The monoisotopic (exact) mass is 889 g/mol. The lowest BCUT2D eigenvalue weighted by molar-refractivity contribution is 0.101. The smallest absolute Gasteiger partial charge is 0.159 e. The highest BCUT2D eigenvalue weighted by atomic mass is 16.5. The summed E-state index contributed by atoms with van der Waals surface area (Å²) < 4.78 is 12.7. The molecule has 0 aliphatic heterocycles. The first kappa shape index (κ1) is 51.5. The van der Waals surface area contributed by atoms with E-state index in [1.807, 2.05) is 79.7 Å². The zero-order chi connectivity index (χ0) is 47.6. The van der Waals surface area contributed by atoms with Gasteiger partial charge in [-0.05, 0) is 153 Å². The molecule has 350 valence electrons.